The average molecular weight is 235 g/mol. The summed E-state index contributed by atoms with van der Waals surface area (Å²) in [4.78, 5) is 11.5. The van der Waals surface area contributed by atoms with Crippen molar-refractivity contribution >= 4 is 11.7 Å². The van der Waals surface area contributed by atoms with Gasteiger partial charge >= 0.3 is 5.97 Å². The van der Waals surface area contributed by atoms with E-state index in [9.17, 15) is 4.79 Å². The molecule has 1 aromatic rings. The van der Waals surface area contributed by atoms with Crippen LogP contribution in [-0.4, -0.2) is 12.6 Å². The summed E-state index contributed by atoms with van der Waals surface area (Å²) in [6.45, 7) is 4.82. The highest BCUT2D eigenvalue weighted by Gasteiger charge is 2.07. The molecule has 3 heteroatoms. The number of rotatable bonds is 6. The SMILES string of the molecule is CC(C)CCCOC(=O)Cc1ccccc1N. The number of hydrogen-bond donors (Lipinski definition) is 1. The van der Waals surface area contributed by atoms with Gasteiger partial charge in [-0.3, -0.25) is 4.79 Å². The summed E-state index contributed by atoms with van der Waals surface area (Å²) >= 11 is 0. The van der Waals surface area contributed by atoms with Crippen LogP contribution in [0.4, 0.5) is 5.69 Å². The van der Waals surface area contributed by atoms with Crippen LogP contribution in [-0.2, 0) is 16.0 Å². The van der Waals surface area contributed by atoms with Crippen molar-refractivity contribution in [3.05, 3.63) is 29.8 Å². The molecule has 1 rings (SSSR count). The molecule has 0 spiro atoms. The van der Waals surface area contributed by atoms with Gasteiger partial charge in [0.15, 0.2) is 0 Å². The number of nitrogen functional groups attached to an aromatic ring is 1. The van der Waals surface area contributed by atoms with Gasteiger partial charge in [-0.25, -0.2) is 0 Å². The van der Waals surface area contributed by atoms with E-state index in [-0.39, 0.29) is 12.4 Å². The number of ether oxygens (including phenoxy) is 1. The van der Waals surface area contributed by atoms with E-state index < -0.39 is 0 Å². The Morgan fingerprint density at radius 3 is 2.71 bits per heavy atom. The fourth-order valence-corrected chi connectivity index (χ4v) is 1.58. The van der Waals surface area contributed by atoms with Crippen LogP contribution in [0.2, 0.25) is 0 Å². The van der Waals surface area contributed by atoms with Gasteiger partial charge in [-0.2, -0.15) is 0 Å². The molecule has 0 saturated carbocycles. The molecule has 0 radical (unpaired) electrons. The maximum Gasteiger partial charge on any atom is 0.310 e. The fourth-order valence-electron chi connectivity index (χ4n) is 1.58. The van der Waals surface area contributed by atoms with E-state index in [2.05, 4.69) is 13.8 Å². The first-order chi connectivity index (χ1) is 8.09. The maximum absolute atomic E-state index is 11.5. The average Bonchev–Trinajstić information content (AvgIpc) is 2.27. The molecular formula is C14H21NO2. The lowest BCUT2D eigenvalue weighted by Crippen LogP contribution is -2.10. The number of benzene rings is 1. The van der Waals surface area contributed by atoms with Crippen LogP contribution in [0.15, 0.2) is 24.3 Å². The Morgan fingerprint density at radius 2 is 2.06 bits per heavy atom. The first-order valence-electron chi connectivity index (χ1n) is 6.08. The molecule has 0 aliphatic heterocycles. The molecule has 3 nitrogen and oxygen atoms in total. The molecule has 0 aliphatic carbocycles. The van der Waals surface area contributed by atoms with Crippen molar-refractivity contribution in [2.45, 2.75) is 33.1 Å². The number of nitrogens with two attached hydrogens (primary N) is 1. The third-order valence-electron chi connectivity index (χ3n) is 2.58. The Hall–Kier alpha value is -1.51. The van der Waals surface area contributed by atoms with Gasteiger partial charge in [-0.1, -0.05) is 32.0 Å². The lowest BCUT2D eigenvalue weighted by atomic mass is 10.1. The third kappa shape index (κ3) is 5.38. The van der Waals surface area contributed by atoms with Gasteiger partial charge in [-0.05, 0) is 30.4 Å². The molecule has 1 aromatic carbocycles. The number of hydrogen-bond acceptors (Lipinski definition) is 3. The number of anilines is 1. The second-order valence-corrected chi connectivity index (χ2v) is 4.63. The van der Waals surface area contributed by atoms with E-state index in [0.717, 1.165) is 18.4 Å². The monoisotopic (exact) mass is 235 g/mol. The molecule has 0 saturated heterocycles. The van der Waals surface area contributed by atoms with Crippen molar-refractivity contribution in [1.29, 1.82) is 0 Å². The van der Waals surface area contributed by atoms with Crippen molar-refractivity contribution < 1.29 is 9.53 Å². The maximum atomic E-state index is 11.5. The molecule has 0 aliphatic rings. The van der Waals surface area contributed by atoms with E-state index in [1.54, 1.807) is 6.07 Å². The normalized spacial score (nSPS) is 10.5. The van der Waals surface area contributed by atoms with Crippen molar-refractivity contribution in [3.8, 4) is 0 Å². The Morgan fingerprint density at radius 1 is 1.35 bits per heavy atom. The zero-order valence-corrected chi connectivity index (χ0v) is 10.6. The Bertz CT molecular complexity index is 361. The Labute approximate surface area is 103 Å². The molecule has 0 unspecified atom stereocenters. The van der Waals surface area contributed by atoms with Gasteiger partial charge < -0.3 is 10.5 Å². The Balaban J connectivity index is 2.28. The molecule has 0 bridgehead atoms. The standard InChI is InChI=1S/C14H21NO2/c1-11(2)6-5-9-17-14(16)10-12-7-3-4-8-13(12)15/h3-4,7-8,11H,5-6,9-10,15H2,1-2H3. The predicted molar refractivity (Wildman–Crippen MR) is 69.6 cm³/mol. The minimum absolute atomic E-state index is 0.202. The number of carbonyl (C=O) groups excluding carboxylic acids is 1. The minimum Gasteiger partial charge on any atom is -0.465 e. The van der Waals surface area contributed by atoms with Gasteiger partial charge in [-0.15, -0.1) is 0 Å². The molecule has 2 N–H and O–H groups in total. The van der Waals surface area contributed by atoms with Crippen molar-refractivity contribution in [3.63, 3.8) is 0 Å². The second-order valence-electron chi connectivity index (χ2n) is 4.63. The van der Waals surface area contributed by atoms with Gasteiger partial charge in [0.1, 0.15) is 0 Å². The second kappa shape index (κ2) is 6.94. The summed E-state index contributed by atoms with van der Waals surface area (Å²) in [6, 6.07) is 7.37. The minimum atomic E-state index is -0.202. The van der Waals surface area contributed by atoms with E-state index >= 15 is 0 Å². The summed E-state index contributed by atoms with van der Waals surface area (Å²) < 4.78 is 5.16. The van der Waals surface area contributed by atoms with Crippen molar-refractivity contribution in [2.24, 2.45) is 5.92 Å². The zero-order chi connectivity index (χ0) is 12.7. The van der Waals surface area contributed by atoms with Crippen LogP contribution in [0, 0.1) is 5.92 Å². The number of carbonyl (C=O) groups is 1. The largest absolute Gasteiger partial charge is 0.465 e. The van der Waals surface area contributed by atoms with Gasteiger partial charge in [0.2, 0.25) is 0 Å². The highest BCUT2D eigenvalue weighted by atomic mass is 16.5. The van der Waals surface area contributed by atoms with E-state index in [0.29, 0.717) is 18.2 Å². The predicted octanol–water partition coefficient (Wildman–Crippen LogP) is 2.79. The molecule has 0 aromatic heterocycles. The van der Waals surface area contributed by atoms with Crippen molar-refractivity contribution in [2.75, 3.05) is 12.3 Å². The lowest BCUT2D eigenvalue weighted by molar-refractivity contribution is -0.143. The van der Waals surface area contributed by atoms with Crippen LogP contribution in [0.25, 0.3) is 0 Å². The number of para-hydroxylation sites is 1. The van der Waals surface area contributed by atoms with Crippen LogP contribution >= 0.6 is 0 Å². The fraction of sp³-hybridized carbons (Fsp3) is 0.500. The van der Waals surface area contributed by atoms with E-state index in [4.69, 9.17) is 10.5 Å². The zero-order valence-electron chi connectivity index (χ0n) is 10.6. The van der Waals surface area contributed by atoms with Crippen LogP contribution < -0.4 is 5.73 Å². The first-order valence-corrected chi connectivity index (χ1v) is 6.08. The first kappa shape index (κ1) is 13.6. The molecule has 0 atom stereocenters. The molecule has 0 amide bonds. The van der Waals surface area contributed by atoms with E-state index in [1.807, 2.05) is 18.2 Å². The third-order valence-corrected chi connectivity index (χ3v) is 2.58. The van der Waals surface area contributed by atoms with Crippen LogP contribution in [0.1, 0.15) is 32.3 Å². The summed E-state index contributed by atoms with van der Waals surface area (Å²) in [5, 5.41) is 0. The topological polar surface area (TPSA) is 52.3 Å². The Kier molecular flexibility index (Phi) is 5.53. The van der Waals surface area contributed by atoms with Gasteiger partial charge in [0.25, 0.3) is 0 Å². The highest BCUT2D eigenvalue weighted by molar-refractivity contribution is 5.74. The summed E-state index contributed by atoms with van der Waals surface area (Å²) in [5.74, 6) is 0.449. The van der Waals surface area contributed by atoms with Gasteiger partial charge in [0.05, 0.1) is 13.0 Å². The van der Waals surface area contributed by atoms with Crippen molar-refractivity contribution in [1.82, 2.24) is 0 Å². The molecular weight excluding hydrogens is 214 g/mol. The number of esters is 1. The smallest absolute Gasteiger partial charge is 0.310 e. The van der Waals surface area contributed by atoms with Crippen LogP contribution in [0.3, 0.4) is 0 Å². The summed E-state index contributed by atoms with van der Waals surface area (Å²) in [6.07, 6.45) is 2.27. The van der Waals surface area contributed by atoms with Gasteiger partial charge in [0, 0.05) is 5.69 Å². The molecule has 0 heterocycles. The lowest BCUT2D eigenvalue weighted by Gasteiger charge is -2.07. The van der Waals surface area contributed by atoms with Crippen LogP contribution in [0.5, 0.6) is 0 Å². The quantitative estimate of drug-likeness (QED) is 0.468. The molecule has 17 heavy (non-hydrogen) atoms. The molecule has 0 fully saturated rings. The highest BCUT2D eigenvalue weighted by Crippen LogP contribution is 2.12. The summed E-state index contributed by atoms with van der Waals surface area (Å²) in [5.41, 5.74) is 7.24. The summed E-state index contributed by atoms with van der Waals surface area (Å²) in [7, 11) is 0. The molecule has 94 valence electrons. The van der Waals surface area contributed by atoms with E-state index in [1.165, 1.54) is 0 Å².